The van der Waals surface area contributed by atoms with Crippen LogP contribution in [0.5, 0.6) is 0 Å². The van der Waals surface area contributed by atoms with Crippen molar-refractivity contribution in [2.24, 2.45) is 5.92 Å². The van der Waals surface area contributed by atoms with Crippen LogP contribution in [0.25, 0.3) is 0 Å². The molecule has 2 atom stereocenters. The maximum Gasteiger partial charge on any atom is 0.317 e. The van der Waals surface area contributed by atoms with Gasteiger partial charge in [-0.2, -0.15) is 0 Å². The van der Waals surface area contributed by atoms with Crippen LogP contribution in [0, 0.1) is 18.7 Å². The molecule has 6 heteroatoms. The highest BCUT2D eigenvalue weighted by Crippen LogP contribution is 2.26. The summed E-state index contributed by atoms with van der Waals surface area (Å²) in [6.07, 6.45) is 4.48. The molecule has 1 aromatic carbocycles. The zero-order valence-electron chi connectivity index (χ0n) is 15.3. The first-order chi connectivity index (χ1) is 11.9. The summed E-state index contributed by atoms with van der Waals surface area (Å²) in [6, 6.07) is 4.56. The Hall–Kier alpha value is -2.11. The monoisotopic (exact) mass is 349 g/mol. The predicted octanol–water partition coefficient (Wildman–Crippen LogP) is 3.08. The van der Waals surface area contributed by atoms with Crippen LogP contribution in [0.2, 0.25) is 0 Å². The molecule has 25 heavy (non-hydrogen) atoms. The second-order valence-corrected chi connectivity index (χ2v) is 6.99. The molecule has 0 radical (unpaired) electrons. The lowest BCUT2D eigenvalue weighted by Crippen LogP contribution is -2.47. The molecule has 0 spiro atoms. The third kappa shape index (κ3) is 5.44. The van der Waals surface area contributed by atoms with Crippen LogP contribution < -0.4 is 10.6 Å². The van der Waals surface area contributed by atoms with Crippen LogP contribution in [0.4, 0.5) is 9.18 Å². The van der Waals surface area contributed by atoms with E-state index in [0.717, 1.165) is 19.3 Å². The zero-order chi connectivity index (χ0) is 18.4. The van der Waals surface area contributed by atoms with Gasteiger partial charge in [0, 0.05) is 31.7 Å². The Labute approximate surface area is 149 Å². The number of nitrogens with one attached hydrogen (secondary N) is 2. The molecule has 2 unspecified atom stereocenters. The minimum Gasteiger partial charge on any atom is -0.350 e. The number of aryl methyl sites for hydroxylation is 1. The molecular weight excluding hydrogens is 321 g/mol. The van der Waals surface area contributed by atoms with E-state index in [2.05, 4.69) is 17.6 Å². The predicted molar refractivity (Wildman–Crippen MR) is 96.1 cm³/mol. The maximum absolute atomic E-state index is 13.5. The normalized spacial score (nSPS) is 20.0. The molecule has 0 aromatic heterocycles. The summed E-state index contributed by atoms with van der Waals surface area (Å²) in [5.41, 5.74) is 0.784. The Morgan fingerprint density at radius 2 is 1.96 bits per heavy atom. The molecule has 5 nitrogen and oxygen atoms in total. The van der Waals surface area contributed by atoms with Crippen LogP contribution in [0.3, 0.4) is 0 Å². The van der Waals surface area contributed by atoms with Gasteiger partial charge in [0.2, 0.25) is 0 Å². The second-order valence-electron chi connectivity index (χ2n) is 6.99. The number of nitrogens with zero attached hydrogens (tertiary/aromatic N) is 1. The lowest BCUT2D eigenvalue weighted by molar-refractivity contribution is 0.0952. The molecule has 2 rings (SSSR count). The van der Waals surface area contributed by atoms with Crippen molar-refractivity contribution in [2.75, 3.05) is 20.1 Å². The van der Waals surface area contributed by atoms with E-state index in [4.69, 9.17) is 0 Å². The summed E-state index contributed by atoms with van der Waals surface area (Å²) in [4.78, 5) is 25.9. The lowest BCUT2D eigenvalue weighted by Gasteiger charge is -2.34. The van der Waals surface area contributed by atoms with Crippen LogP contribution in [-0.4, -0.2) is 43.0 Å². The summed E-state index contributed by atoms with van der Waals surface area (Å²) >= 11 is 0. The number of rotatable bonds is 5. The number of halogens is 1. The van der Waals surface area contributed by atoms with Crippen LogP contribution in [-0.2, 0) is 0 Å². The highest BCUT2D eigenvalue weighted by atomic mass is 19.1. The molecule has 0 bridgehead atoms. The van der Waals surface area contributed by atoms with Gasteiger partial charge in [0.05, 0.1) is 0 Å². The van der Waals surface area contributed by atoms with Crippen LogP contribution >= 0.6 is 0 Å². The van der Waals surface area contributed by atoms with E-state index in [0.29, 0.717) is 24.6 Å². The zero-order valence-corrected chi connectivity index (χ0v) is 15.3. The topological polar surface area (TPSA) is 61.4 Å². The van der Waals surface area contributed by atoms with Crippen molar-refractivity contribution in [1.29, 1.82) is 0 Å². The van der Waals surface area contributed by atoms with Crippen LogP contribution in [0.1, 0.15) is 48.5 Å². The molecule has 3 amide bonds. The molecule has 0 saturated heterocycles. The van der Waals surface area contributed by atoms with Crippen molar-refractivity contribution in [2.45, 2.75) is 45.6 Å². The number of hydrogen-bond donors (Lipinski definition) is 2. The SMILES string of the molecule is Cc1ccc(C(=O)NCCNC(=O)N(C)C2CCCC(C)C2)cc1F. The summed E-state index contributed by atoms with van der Waals surface area (Å²) in [5, 5.41) is 5.51. The fourth-order valence-corrected chi connectivity index (χ4v) is 3.23. The molecule has 1 aliphatic carbocycles. The van der Waals surface area contributed by atoms with Gasteiger partial charge in [-0.25, -0.2) is 9.18 Å². The highest BCUT2D eigenvalue weighted by Gasteiger charge is 2.25. The average Bonchev–Trinajstić information content (AvgIpc) is 2.60. The van der Waals surface area contributed by atoms with Crippen molar-refractivity contribution < 1.29 is 14.0 Å². The number of carbonyl (C=O) groups excluding carboxylic acids is 2. The third-order valence-electron chi connectivity index (χ3n) is 4.90. The van der Waals surface area contributed by atoms with Gasteiger partial charge in [0.1, 0.15) is 5.82 Å². The second kappa shape index (κ2) is 8.83. The minimum absolute atomic E-state index is 0.116. The summed E-state index contributed by atoms with van der Waals surface area (Å²) in [7, 11) is 1.83. The van der Waals surface area contributed by atoms with Gasteiger partial charge in [-0.05, 0) is 43.4 Å². The fourth-order valence-electron chi connectivity index (χ4n) is 3.23. The number of urea groups is 1. The summed E-state index contributed by atoms with van der Waals surface area (Å²) in [6.45, 7) is 4.51. The van der Waals surface area contributed by atoms with Crippen molar-refractivity contribution in [3.63, 3.8) is 0 Å². The highest BCUT2D eigenvalue weighted by molar-refractivity contribution is 5.94. The molecule has 0 heterocycles. The van der Waals surface area contributed by atoms with E-state index in [-0.39, 0.29) is 23.5 Å². The maximum atomic E-state index is 13.5. The lowest BCUT2D eigenvalue weighted by atomic mass is 9.86. The first kappa shape index (κ1) is 19.2. The van der Waals surface area contributed by atoms with Gasteiger partial charge in [-0.1, -0.05) is 25.8 Å². The molecule has 1 aliphatic rings. The smallest absolute Gasteiger partial charge is 0.317 e. The van der Waals surface area contributed by atoms with Gasteiger partial charge < -0.3 is 15.5 Å². The van der Waals surface area contributed by atoms with Gasteiger partial charge in [-0.3, -0.25) is 4.79 Å². The van der Waals surface area contributed by atoms with E-state index in [9.17, 15) is 14.0 Å². The molecule has 1 fully saturated rings. The van der Waals surface area contributed by atoms with Gasteiger partial charge in [0.25, 0.3) is 5.91 Å². The fraction of sp³-hybridized carbons (Fsp3) is 0.579. The van der Waals surface area contributed by atoms with E-state index < -0.39 is 5.82 Å². The molecule has 0 aliphatic heterocycles. The minimum atomic E-state index is -0.399. The third-order valence-corrected chi connectivity index (χ3v) is 4.90. The van der Waals surface area contributed by atoms with E-state index in [1.165, 1.54) is 12.5 Å². The molecule has 1 saturated carbocycles. The van der Waals surface area contributed by atoms with E-state index in [1.807, 2.05) is 7.05 Å². The Morgan fingerprint density at radius 3 is 2.64 bits per heavy atom. The number of hydrogen-bond acceptors (Lipinski definition) is 2. The van der Waals surface area contributed by atoms with Crippen molar-refractivity contribution in [1.82, 2.24) is 15.5 Å². The Morgan fingerprint density at radius 1 is 1.24 bits per heavy atom. The van der Waals surface area contributed by atoms with Gasteiger partial charge in [-0.15, -0.1) is 0 Å². The quantitative estimate of drug-likeness (QED) is 0.803. The molecule has 1 aromatic rings. The summed E-state index contributed by atoms with van der Waals surface area (Å²) in [5.74, 6) is -0.0879. The molecule has 2 N–H and O–H groups in total. The van der Waals surface area contributed by atoms with Crippen molar-refractivity contribution >= 4 is 11.9 Å². The summed E-state index contributed by atoms with van der Waals surface area (Å²) < 4.78 is 13.5. The number of benzene rings is 1. The van der Waals surface area contributed by atoms with Crippen LogP contribution in [0.15, 0.2) is 18.2 Å². The van der Waals surface area contributed by atoms with Crippen molar-refractivity contribution in [3.05, 3.63) is 35.1 Å². The van der Waals surface area contributed by atoms with E-state index in [1.54, 1.807) is 24.0 Å². The standard InChI is InChI=1S/C19H28FN3O2/c1-13-5-4-6-16(11-13)23(3)19(25)22-10-9-21-18(24)15-8-7-14(2)17(20)12-15/h7-8,12-13,16H,4-6,9-11H2,1-3H3,(H,21,24)(H,22,25). The largest absolute Gasteiger partial charge is 0.350 e. The Kier molecular flexibility index (Phi) is 6.79. The Bertz CT molecular complexity index is 621. The van der Waals surface area contributed by atoms with Gasteiger partial charge in [0.15, 0.2) is 0 Å². The van der Waals surface area contributed by atoms with E-state index >= 15 is 0 Å². The molecular formula is C19H28FN3O2. The van der Waals surface area contributed by atoms with Gasteiger partial charge >= 0.3 is 6.03 Å². The Balaban J connectivity index is 1.71. The number of amides is 3. The van der Waals surface area contributed by atoms with Crippen molar-refractivity contribution in [3.8, 4) is 0 Å². The first-order valence-electron chi connectivity index (χ1n) is 8.93. The average molecular weight is 349 g/mol. The number of carbonyl (C=O) groups is 2. The first-order valence-corrected chi connectivity index (χ1v) is 8.93. The molecule has 138 valence electrons.